The molecule has 2 N–H and O–H groups in total. The van der Waals surface area contributed by atoms with E-state index in [-0.39, 0.29) is 0 Å². The second-order valence-electron chi connectivity index (χ2n) is 11.9. The summed E-state index contributed by atoms with van der Waals surface area (Å²) in [6.45, 7) is 0. The van der Waals surface area contributed by atoms with Gasteiger partial charge in [-0.25, -0.2) is 9.97 Å². The van der Waals surface area contributed by atoms with Crippen molar-refractivity contribution in [2.24, 2.45) is 0 Å². The minimum Gasteiger partial charge on any atom is -0.353 e. The third-order valence-corrected chi connectivity index (χ3v) is 8.82. The van der Waals surface area contributed by atoms with Gasteiger partial charge in [-0.3, -0.25) is 0 Å². The Bertz CT molecular complexity index is 2270. The zero-order valence-corrected chi connectivity index (χ0v) is 26.7. The molecule has 8 rings (SSSR count). The van der Waals surface area contributed by atoms with Crippen LogP contribution >= 0.6 is 0 Å². The maximum atomic E-state index is 8.46. The number of fused-ring (bicyclic) bond motifs is 1. The lowest BCUT2D eigenvalue weighted by Crippen LogP contribution is -2.21. The summed E-state index contributed by atoms with van der Waals surface area (Å²) < 4.78 is 0. The minimum absolute atomic E-state index is 0.695. The molecule has 0 radical (unpaired) electrons. The van der Waals surface area contributed by atoms with E-state index < -0.39 is 0 Å². The molecule has 1 aliphatic heterocycles. The van der Waals surface area contributed by atoms with E-state index in [4.69, 9.17) is 15.4 Å². The summed E-state index contributed by atoms with van der Waals surface area (Å²) in [5.41, 5.74) is 13.9. The van der Waals surface area contributed by atoms with Crippen LogP contribution in [0.25, 0.3) is 56.4 Å². The summed E-state index contributed by atoms with van der Waals surface area (Å²) in [5, 5.41) is 12.3. The molecule has 232 valence electrons. The average molecular weight is 629 g/mol. The van der Waals surface area contributed by atoms with Gasteiger partial charge in [-0.2, -0.15) is 0 Å². The second-order valence-corrected chi connectivity index (χ2v) is 11.9. The van der Waals surface area contributed by atoms with Crippen molar-refractivity contribution in [1.29, 1.82) is 5.41 Å². The Morgan fingerprint density at radius 3 is 1.53 bits per heavy atom. The van der Waals surface area contributed by atoms with E-state index in [1.54, 1.807) is 0 Å². The van der Waals surface area contributed by atoms with Crippen LogP contribution in [0.1, 0.15) is 27.8 Å². The Morgan fingerprint density at radius 2 is 0.939 bits per heavy atom. The number of hydrogen-bond donors (Lipinski definition) is 2. The van der Waals surface area contributed by atoms with Crippen LogP contribution in [0.2, 0.25) is 0 Å². The molecule has 0 atom stereocenters. The molecule has 2 heterocycles. The lowest BCUT2D eigenvalue weighted by Gasteiger charge is -2.29. The normalized spacial score (nSPS) is 13.3. The molecule has 4 heteroatoms. The minimum atomic E-state index is 0.695. The SMILES string of the molecule is N=C/C(=C1\NC(c2ccccc2)=C(c2ccc(-c3cc(-c4ccccc4)nc(-c4ccccc4)n3)cc2)c2ccccc21)c1ccccc1. The van der Waals surface area contributed by atoms with Crippen LogP contribution in [0.15, 0.2) is 176 Å². The van der Waals surface area contributed by atoms with Crippen LogP contribution in [0.5, 0.6) is 0 Å². The molecule has 49 heavy (non-hydrogen) atoms. The van der Waals surface area contributed by atoms with Crippen LogP contribution in [0.3, 0.4) is 0 Å². The molecule has 1 aliphatic rings. The van der Waals surface area contributed by atoms with Gasteiger partial charge in [0.15, 0.2) is 5.82 Å². The van der Waals surface area contributed by atoms with Crippen LogP contribution in [-0.2, 0) is 0 Å². The first-order valence-corrected chi connectivity index (χ1v) is 16.3. The molecule has 0 bridgehead atoms. The Morgan fingerprint density at radius 1 is 0.469 bits per heavy atom. The van der Waals surface area contributed by atoms with Crippen molar-refractivity contribution in [3.05, 3.63) is 204 Å². The highest BCUT2D eigenvalue weighted by molar-refractivity contribution is 6.21. The summed E-state index contributed by atoms with van der Waals surface area (Å²) in [7, 11) is 0. The lowest BCUT2D eigenvalue weighted by molar-refractivity contribution is 1.18. The predicted molar refractivity (Wildman–Crippen MR) is 202 cm³/mol. The number of rotatable bonds is 7. The summed E-state index contributed by atoms with van der Waals surface area (Å²) in [5.74, 6) is 0.695. The Labute approximate surface area is 286 Å². The van der Waals surface area contributed by atoms with Gasteiger partial charge < -0.3 is 10.7 Å². The molecule has 6 aromatic carbocycles. The van der Waals surface area contributed by atoms with Gasteiger partial charge in [0.05, 0.1) is 22.8 Å². The molecule has 1 aromatic heterocycles. The van der Waals surface area contributed by atoms with Gasteiger partial charge in [0.1, 0.15) is 0 Å². The number of allylic oxidation sites excluding steroid dienone is 1. The fourth-order valence-corrected chi connectivity index (χ4v) is 6.44. The number of benzene rings is 6. The fourth-order valence-electron chi connectivity index (χ4n) is 6.44. The smallest absolute Gasteiger partial charge is 0.160 e. The Kier molecular flexibility index (Phi) is 8.02. The maximum absolute atomic E-state index is 8.46. The molecule has 0 aliphatic carbocycles. The topological polar surface area (TPSA) is 61.7 Å². The van der Waals surface area contributed by atoms with Crippen LogP contribution in [-0.4, -0.2) is 16.2 Å². The van der Waals surface area contributed by atoms with Crippen LogP contribution in [0, 0.1) is 5.41 Å². The molecule has 0 unspecified atom stereocenters. The van der Waals surface area contributed by atoms with E-state index in [1.807, 2.05) is 72.8 Å². The highest BCUT2D eigenvalue weighted by Gasteiger charge is 2.26. The standard InChI is InChI=1S/C45H32N4/c46-30-39(31-15-5-1-6-16-31)44-38-24-14-13-23-37(38)42(43(49-44)35-19-9-3-10-20-35)34-27-25-33(26-28-34)41-29-40(32-17-7-2-8-18-32)47-45(48-41)36-21-11-4-12-22-36/h1-30,46,49H/b44-39+,46-30?. The number of nitrogens with one attached hydrogen (secondary N) is 2. The van der Waals surface area contributed by atoms with Gasteiger partial charge in [-0.1, -0.05) is 170 Å². The first-order chi connectivity index (χ1) is 24.3. The lowest BCUT2D eigenvalue weighted by atomic mass is 9.84. The first-order valence-electron chi connectivity index (χ1n) is 16.3. The summed E-state index contributed by atoms with van der Waals surface area (Å²) >= 11 is 0. The molecule has 0 spiro atoms. The Hall–Kier alpha value is -6.65. The molecular formula is C45H32N4. The van der Waals surface area contributed by atoms with E-state index in [1.165, 1.54) is 6.21 Å². The number of aromatic nitrogens is 2. The van der Waals surface area contributed by atoms with Gasteiger partial charge >= 0.3 is 0 Å². The summed E-state index contributed by atoms with van der Waals surface area (Å²) in [6, 6.07) is 60.1. The maximum Gasteiger partial charge on any atom is 0.160 e. The number of hydrogen-bond acceptors (Lipinski definition) is 4. The molecule has 7 aromatic rings. The van der Waals surface area contributed by atoms with Crippen molar-refractivity contribution in [1.82, 2.24) is 15.3 Å². The van der Waals surface area contributed by atoms with Gasteiger partial charge in [-0.05, 0) is 28.3 Å². The van der Waals surface area contributed by atoms with Crippen molar-refractivity contribution < 1.29 is 0 Å². The quantitative estimate of drug-likeness (QED) is 0.173. The van der Waals surface area contributed by atoms with E-state index in [9.17, 15) is 0 Å². The molecular weight excluding hydrogens is 597 g/mol. The summed E-state index contributed by atoms with van der Waals surface area (Å²) in [6.07, 6.45) is 1.45. The number of nitrogens with zero attached hydrogens (tertiary/aromatic N) is 2. The van der Waals surface area contributed by atoms with Gasteiger partial charge in [0.2, 0.25) is 0 Å². The fraction of sp³-hybridized carbons (Fsp3) is 0. The highest BCUT2D eigenvalue weighted by atomic mass is 14.9. The second kappa shape index (κ2) is 13.2. The van der Waals surface area contributed by atoms with Gasteiger partial charge in [0.25, 0.3) is 0 Å². The molecule has 0 saturated carbocycles. The largest absolute Gasteiger partial charge is 0.353 e. The molecule has 0 saturated heterocycles. The van der Waals surface area contributed by atoms with Crippen molar-refractivity contribution in [3.8, 4) is 33.9 Å². The van der Waals surface area contributed by atoms with E-state index >= 15 is 0 Å². The van der Waals surface area contributed by atoms with Crippen molar-refractivity contribution >= 4 is 28.8 Å². The summed E-state index contributed by atoms with van der Waals surface area (Å²) in [4.78, 5) is 10.0. The molecule has 0 fully saturated rings. The predicted octanol–water partition coefficient (Wildman–Crippen LogP) is 10.5. The van der Waals surface area contributed by atoms with Gasteiger partial charge in [0, 0.05) is 39.6 Å². The Balaban J connectivity index is 1.28. The zero-order valence-electron chi connectivity index (χ0n) is 26.7. The molecule has 4 nitrogen and oxygen atoms in total. The van der Waals surface area contributed by atoms with Crippen molar-refractivity contribution in [2.45, 2.75) is 0 Å². The van der Waals surface area contributed by atoms with E-state index in [2.05, 4.69) is 108 Å². The monoisotopic (exact) mass is 628 g/mol. The zero-order chi connectivity index (χ0) is 33.0. The highest BCUT2D eigenvalue weighted by Crippen LogP contribution is 2.42. The van der Waals surface area contributed by atoms with E-state index in [0.717, 1.165) is 78.4 Å². The van der Waals surface area contributed by atoms with Crippen molar-refractivity contribution in [2.75, 3.05) is 0 Å². The van der Waals surface area contributed by atoms with Crippen LogP contribution in [0.4, 0.5) is 0 Å². The first kappa shape index (κ1) is 29.7. The van der Waals surface area contributed by atoms with E-state index in [0.29, 0.717) is 5.82 Å². The third-order valence-electron chi connectivity index (χ3n) is 8.82. The van der Waals surface area contributed by atoms with Gasteiger partial charge in [-0.15, -0.1) is 0 Å². The van der Waals surface area contributed by atoms with Crippen molar-refractivity contribution in [3.63, 3.8) is 0 Å². The van der Waals surface area contributed by atoms with Crippen LogP contribution < -0.4 is 5.32 Å². The third kappa shape index (κ3) is 5.88. The molecule has 0 amide bonds. The average Bonchev–Trinajstić information content (AvgIpc) is 3.19.